The lowest BCUT2D eigenvalue weighted by atomic mass is 10.0. The van der Waals surface area contributed by atoms with Crippen LogP contribution in [0.2, 0.25) is 0 Å². The lowest BCUT2D eigenvalue weighted by Gasteiger charge is -2.37. The third-order valence-electron chi connectivity index (χ3n) is 3.91. The van der Waals surface area contributed by atoms with Gasteiger partial charge in [0.2, 0.25) is 0 Å². The maximum Gasteiger partial charge on any atom is 0.273 e. The molecule has 3 rings (SSSR count). The Morgan fingerprint density at radius 2 is 2.17 bits per heavy atom. The molecule has 6 nitrogen and oxygen atoms in total. The first-order chi connectivity index (χ1) is 11.1. The Kier molecular flexibility index (Phi) is 4.40. The third kappa shape index (κ3) is 2.85. The molecule has 0 saturated carbocycles. The van der Waals surface area contributed by atoms with Gasteiger partial charge in [0.1, 0.15) is 11.4 Å². The number of amides is 1. The number of rotatable bonds is 4. The largest absolute Gasteiger partial charge is 0.346 e. The van der Waals surface area contributed by atoms with Crippen molar-refractivity contribution in [2.45, 2.75) is 11.4 Å². The van der Waals surface area contributed by atoms with Crippen molar-refractivity contribution in [1.29, 1.82) is 0 Å². The summed E-state index contributed by atoms with van der Waals surface area (Å²) in [4.78, 5) is 19.8. The second kappa shape index (κ2) is 6.47. The van der Waals surface area contributed by atoms with Gasteiger partial charge in [0.15, 0.2) is 0 Å². The summed E-state index contributed by atoms with van der Waals surface area (Å²) in [6.07, 6.45) is 5.48. The highest BCUT2D eigenvalue weighted by atomic mass is 32.1. The van der Waals surface area contributed by atoms with E-state index in [1.54, 1.807) is 13.2 Å². The molecule has 120 valence electrons. The highest BCUT2D eigenvalue weighted by Crippen LogP contribution is 2.38. The summed E-state index contributed by atoms with van der Waals surface area (Å²) in [6.45, 7) is 0. The van der Waals surface area contributed by atoms with Gasteiger partial charge in [-0.2, -0.15) is 5.10 Å². The van der Waals surface area contributed by atoms with Gasteiger partial charge in [-0.05, 0) is 11.6 Å². The molecule has 1 aliphatic heterocycles. The molecule has 0 saturated heterocycles. The van der Waals surface area contributed by atoms with E-state index < -0.39 is 6.04 Å². The van der Waals surface area contributed by atoms with Crippen molar-refractivity contribution in [3.05, 3.63) is 59.5 Å². The number of thiol groups is 1. The molecule has 1 aliphatic rings. The first kappa shape index (κ1) is 15.6. The van der Waals surface area contributed by atoms with Crippen molar-refractivity contribution in [2.75, 3.05) is 14.2 Å². The Morgan fingerprint density at radius 3 is 2.87 bits per heavy atom. The summed E-state index contributed by atoms with van der Waals surface area (Å²) in [5.74, 6) is -0.172. The van der Waals surface area contributed by atoms with E-state index in [2.05, 4.69) is 22.8 Å². The number of nitrogens with zero attached hydrogens (tertiary/aromatic N) is 3. The zero-order chi connectivity index (χ0) is 16.4. The maximum absolute atomic E-state index is 12.8. The van der Waals surface area contributed by atoms with Crippen LogP contribution in [0.5, 0.6) is 0 Å². The van der Waals surface area contributed by atoms with Crippen LogP contribution in [-0.2, 0) is 9.63 Å². The fourth-order valence-electron chi connectivity index (χ4n) is 2.61. The van der Waals surface area contributed by atoms with Crippen LogP contribution in [0, 0.1) is 0 Å². The quantitative estimate of drug-likeness (QED) is 0.667. The minimum Gasteiger partial charge on any atom is -0.346 e. The maximum atomic E-state index is 12.8. The average Bonchev–Trinajstić information content (AvgIpc) is 3.07. The van der Waals surface area contributed by atoms with Crippen LogP contribution in [0.25, 0.3) is 6.08 Å². The number of carbonyl (C=O) groups is 1. The number of nitrogens with one attached hydrogen (secondary N) is 1. The number of H-pyrrole nitrogens is 1. The molecule has 0 spiro atoms. The fraction of sp³-hybridized carbons (Fsp3) is 0.250. The van der Waals surface area contributed by atoms with Crippen molar-refractivity contribution >= 4 is 24.6 Å². The van der Waals surface area contributed by atoms with E-state index in [0.717, 1.165) is 16.8 Å². The predicted octanol–water partition coefficient (Wildman–Crippen LogP) is 2.39. The molecule has 1 N–H and O–H groups in total. The zero-order valence-electron chi connectivity index (χ0n) is 12.9. The number of hydrogen-bond donors (Lipinski definition) is 2. The lowest BCUT2D eigenvalue weighted by Crippen LogP contribution is -2.40. The minimum absolute atomic E-state index is 0.172. The number of likely N-dealkylation sites (N-methyl/N-ethyl adjacent to an activating group) is 1. The van der Waals surface area contributed by atoms with Gasteiger partial charge in [0.25, 0.3) is 5.91 Å². The van der Waals surface area contributed by atoms with Crippen molar-refractivity contribution in [2.24, 2.45) is 0 Å². The van der Waals surface area contributed by atoms with Gasteiger partial charge < -0.3 is 4.90 Å². The van der Waals surface area contributed by atoms with E-state index in [-0.39, 0.29) is 11.3 Å². The van der Waals surface area contributed by atoms with Crippen LogP contribution in [0.1, 0.15) is 28.2 Å². The lowest BCUT2D eigenvalue weighted by molar-refractivity contribution is -0.174. The molecule has 0 aliphatic carbocycles. The van der Waals surface area contributed by atoms with Gasteiger partial charge in [-0.25, -0.2) is 5.06 Å². The Hall–Kier alpha value is -2.25. The van der Waals surface area contributed by atoms with E-state index in [4.69, 9.17) is 4.84 Å². The summed E-state index contributed by atoms with van der Waals surface area (Å²) in [5.41, 5.74) is 2.71. The first-order valence-corrected chi connectivity index (χ1v) is 7.68. The molecule has 2 unspecified atom stereocenters. The second-order valence-electron chi connectivity index (χ2n) is 5.21. The first-order valence-electron chi connectivity index (χ1n) is 7.17. The summed E-state index contributed by atoms with van der Waals surface area (Å²) in [7, 11) is 3.07. The summed E-state index contributed by atoms with van der Waals surface area (Å²) in [5, 5.41) is 7.91. The molecule has 7 heteroatoms. The highest BCUT2D eigenvalue weighted by Gasteiger charge is 2.35. The molecule has 2 atom stereocenters. The van der Waals surface area contributed by atoms with Gasteiger partial charge in [-0.1, -0.05) is 30.3 Å². The van der Waals surface area contributed by atoms with Crippen LogP contribution in [0.3, 0.4) is 0 Å². The predicted molar refractivity (Wildman–Crippen MR) is 90.1 cm³/mol. The molecule has 0 radical (unpaired) electrons. The molecular weight excluding hydrogens is 312 g/mol. The number of aromatic nitrogens is 2. The van der Waals surface area contributed by atoms with Crippen LogP contribution in [-0.4, -0.2) is 40.2 Å². The molecule has 1 amide bonds. The minimum atomic E-state index is -0.539. The van der Waals surface area contributed by atoms with Gasteiger partial charge in [-0.3, -0.25) is 14.7 Å². The van der Waals surface area contributed by atoms with Gasteiger partial charge in [0, 0.05) is 18.8 Å². The van der Waals surface area contributed by atoms with Crippen LogP contribution in [0.4, 0.5) is 0 Å². The van der Waals surface area contributed by atoms with Gasteiger partial charge >= 0.3 is 0 Å². The van der Waals surface area contributed by atoms with Crippen LogP contribution >= 0.6 is 12.6 Å². The molecule has 2 aromatic rings. The number of hydrogen-bond acceptors (Lipinski definition) is 5. The molecule has 23 heavy (non-hydrogen) atoms. The van der Waals surface area contributed by atoms with Gasteiger partial charge in [-0.15, -0.1) is 12.6 Å². The number of hydroxylamine groups is 2. The Bertz CT molecular complexity index is 716. The molecule has 1 aromatic carbocycles. The summed E-state index contributed by atoms with van der Waals surface area (Å²) < 4.78 is 0. The van der Waals surface area contributed by atoms with Crippen molar-refractivity contribution in [1.82, 2.24) is 20.2 Å². The van der Waals surface area contributed by atoms with E-state index >= 15 is 0 Å². The normalized spacial score (nSPS) is 17.7. The fourth-order valence-corrected chi connectivity index (χ4v) is 3.03. The van der Waals surface area contributed by atoms with E-state index in [0.29, 0.717) is 0 Å². The monoisotopic (exact) mass is 330 g/mol. The summed E-state index contributed by atoms with van der Waals surface area (Å²) >= 11 is 4.69. The Labute approximate surface area is 140 Å². The Balaban J connectivity index is 2.01. The van der Waals surface area contributed by atoms with E-state index in [1.165, 1.54) is 12.2 Å². The van der Waals surface area contributed by atoms with E-state index in [9.17, 15) is 4.79 Å². The van der Waals surface area contributed by atoms with Crippen molar-refractivity contribution < 1.29 is 9.63 Å². The molecule has 0 bridgehead atoms. The average molecular weight is 330 g/mol. The van der Waals surface area contributed by atoms with Crippen molar-refractivity contribution in [3.63, 3.8) is 0 Å². The molecule has 0 fully saturated rings. The summed E-state index contributed by atoms with van der Waals surface area (Å²) in [6, 6.07) is 9.04. The number of fused-ring (bicyclic) bond motifs is 1. The third-order valence-corrected chi connectivity index (χ3v) is 4.45. The van der Waals surface area contributed by atoms with Crippen LogP contribution in [0.15, 0.2) is 42.7 Å². The molecule has 1 aromatic heterocycles. The number of carbonyl (C=O) groups excluding carboxylic acids is 1. The van der Waals surface area contributed by atoms with E-state index in [1.807, 2.05) is 47.5 Å². The zero-order valence-corrected chi connectivity index (χ0v) is 13.8. The smallest absolute Gasteiger partial charge is 0.273 e. The highest BCUT2D eigenvalue weighted by molar-refractivity contribution is 7.80. The standard InChI is InChI=1S/C16H18N4O2S/c1-19(22-2)15(21)14(11-6-4-3-5-7-11)20-9-8-13-12(16(20)23)10-17-18-13/h3-10,14,16,23H,1-2H3,(H,17,18). The topological polar surface area (TPSA) is 61.5 Å². The van der Waals surface area contributed by atoms with Gasteiger partial charge in [0.05, 0.1) is 19.0 Å². The molecular formula is C16H18N4O2S. The Morgan fingerprint density at radius 1 is 1.43 bits per heavy atom. The van der Waals surface area contributed by atoms with Crippen LogP contribution < -0.4 is 0 Å². The molecule has 2 heterocycles. The second-order valence-corrected chi connectivity index (χ2v) is 5.70. The number of benzene rings is 1. The van der Waals surface area contributed by atoms with Crippen molar-refractivity contribution in [3.8, 4) is 0 Å². The SMILES string of the molecule is CON(C)C(=O)C(c1ccccc1)N1C=Cc2[nH]ncc2C1S. The number of aromatic amines is 1.